The summed E-state index contributed by atoms with van der Waals surface area (Å²) in [6.45, 7) is 10.8. The summed E-state index contributed by atoms with van der Waals surface area (Å²) in [5, 5.41) is 8.68. The van der Waals surface area contributed by atoms with Gasteiger partial charge in [-0.05, 0) is 35.6 Å². The van der Waals surface area contributed by atoms with Gasteiger partial charge in [-0.3, -0.25) is 4.85 Å². The first-order valence-corrected chi connectivity index (χ1v) is 9.09. The molecule has 2 aromatic carbocycles. The third kappa shape index (κ3) is 3.36. The first kappa shape index (κ1) is 18.4. The fourth-order valence-corrected chi connectivity index (χ4v) is 3.25. The van der Waals surface area contributed by atoms with Crippen LogP contribution in [0.1, 0.15) is 18.7 Å². The molecular weight excluding hydrogens is 367 g/mol. The molecule has 3 N–H and O–H groups in total. The van der Waals surface area contributed by atoms with E-state index in [0.29, 0.717) is 22.5 Å². The molecule has 0 bridgehead atoms. The summed E-state index contributed by atoms with van der Waals surface area (Å²) in [6.07, 6.45) is 4.55. The number of benzene rings is 2. The summed E-state index contributed by atoms with van der Waals surface area (Å²) in [7, 11) is 0. The van der Waals surface area contributed by atoms with Gasteiger partial charge in [0.05, 0.1) is 23.8 Å². The lowest BCUT2D eigenvalue weighted by Crippen LogP contribution is -2.00. The Morgan fingerprint density at radius 3 is 2.76 bits per heavy atom. The van der Waals surface area contributed by atoms with Gasteiger partial charge in [-0.1, -0.05) is 24.3 Å². The molecule has 0 fully saturated rings. The Morgan fingerprint density at radius 2 is 2.00 bits per heavy atom. The maximum absolute atomic E-state index is 15.0. The molecule has 0 aliphatic rings. The second-order valence-electron chi connectivity index (χ2n) is 6.85. The molecule has 2 aromatic heterocycles. The lowest BCUT2D eigenvalue weighted by Gasteiger charge is -2.13. The number of fused-ring (bicyclic) bond motifs is 1. The van der Waals surface area contributed by atoms with E-state index in [4.69, 9.17) is 12.3 Å². The maximum Gasteiger partial charge on any atom is 0.313 e. The molecule has 0 aliphatic carbocycles. The van der Waals surface area contributed by atoms with Crippen molar-refractivity contribution in [2.24, 2.45) is 0 Å². The molecule has 0 spiro atoms. The maximum atomic E-state index is 15.0. The zero-order valence-corrected chi connectivity index (χ0v) is 16.0. The van der Waals surface area contributed by atoms with Gasteiger partial charge in [0.1, 0.15) is 5.82 Å². The minimum absolute atomic E-state index is 0.0819. The van der Waals surface area contributed by atoms with Gasteiger partial charge in [-0.25, -0.2) is 15.9 Å². The van der Waals surface area contributed by atoms with Crippen LogP contribution in [0.25, 0.3) is 26.7 Å². The van der Waals surface area contributed by atoms with Crippen LogP contribution in [0.2, 0.25) is 0 Å². The zero-order valence-electron chi connectivity index (χ0n) is 16.0. The van der Waals surface area contributed by atoms with Crippen LogP contribution in [0, 0.1) is 19.3 Å². The van der Waals surface area contributed by atoms with Crippen molar-refractivity contribution in [2.75, 3.05) is 11.1 Å². The molecule has 1 atom stereocenters. The highest BCUT2D eigenvalue weighted by Gasteiger charge is 2.15. The van der Waals surface area contributed by atoms with Gasteiger partial charge in [-0.15, -0.1) is 0 Å². The molecule has 0 amide bonds. The Bertz CT molecular complexity index is 1250. The molecule has 0 radical (unpaired) electrons. The zero-order chi connectivity index (χ0) is 20.5. The third-order valence-electron chi connectivity index (χ3n) is 4.88. The molecule has 4 rings (SSSR count). The number of nitrogen functional groups attached to an aromatic ring is 1. The van der Waals surface area contributed by atoms with Crippen molar-refractivity contribution in [3.63, 3.8) is 0 Å². The molecule has 0 aliphatic heterocycles. The number of nitrogens with one attached hydrogen (secondary N) is 1. The molecule has 2 heterocycles. The van der Waals surface area contributed by atoms with Crippen molar-refractivity contribution in [1.29, 1.82) is 0 Å². The van der Waals surface area contributed by atoms with E-state index < -0.39 is 5.82 Å². The van der Waals surface area contributed by atoms with Gasteiger partial charge >= 0.3 is 6.17 Å². The average Bonchev–Trinajstić information content (AvgIpc) is 3.19. The lowest BCUT2D eigenvalue weighted by atomic mass is 9.96. The molecule has 0 saturated heterocycles. The standard InChI is InChI=1S/C22H19FN6/c1-13-6-4-5-7-17(13)18-8-15-9-20(26-11-19(15)22(24)21(18)23)28-16-10-27-29(12-16)14(2)25-3/h4-12,14H,24H2,1-2H3,(H,26,28)/t14-/m1/s1. The first-order chi connectivity index (χ1) is 14.0. The number of nitrogens with zero attached hydrogens (tertiary/aromatic N) is 4. The summed E-state index contributed by atoms with van der Waals surface area (Å²) < 4.78 is 16.5. The number of hydrogen-bond donors (Lipinski definition) is 2. The topological polar surface area (TPSA) is 73.1 Å². The number of aryl methyl sites for hydroxylation is 1. The largest absolute Gasteiger partial charge is 0.396 e. The molecule has 0 saturated carbocycles. The van der Waals surface area contributed by atoms with Gasteiger partial charge in [0.15, 0.2) is 5.82 Å². The molecule has 6 nitrogen and oxygen atoms in total. The van der Waals surface area contributed by atoms with Crippen LogP contribution >= 0.6 is 0 Å². The number of halogens is 1. The number of hydrogen-bond acceptors (Lipinski definition) is 4. The van der Waals surface area contributed by atoms with E-state index in [1.165, 1.54) is 0 Å². The Morgan fingerprint density at radius 1 is 1.21 bits per heavy atom. The van der Waals surface area contributed by atoms with E-state index in [2.05, 4.69) is 20.2 Å². The summed E-state index contributed by atoms with van der Waals surface area (Å²) in [5.74, 6) is 0.137. The SMILES string of the molecule is [C-]#[N+][C@@H](C)n1cc(Nc2cc3cc(-c4ccccc4C)c(F)c(N)c3cn2)cn1. The Hall–Kier alpha value is -3.92. The Kier molecular flexibility index (Phi) is 4.61. The predicted molar refractivity (Wildman–Crippen MR) is 113 cm³/mol. The highest BCUT2D eigenvalue weighted by molar-refractivity contribution is 5.98. The van der Waals surface area contributed by atoms with Crippen molar-refractivity contribution in [3.8, 4) is 11.1 Å². The number of anilines is 3. The van der Waals surface area contributed by atoms with E-state index in [9.17, 15) is 4.39 Å². The molecule has 4 aromatic rings. The van der Waals surface area contributed by atoms with Crippen LogP contribution in [-0.2, 0) is 0 Å². The summed E-state index contributed by atoms with van der Waals surface area (Å²) in [6, 6.07) is 11.2. The van der Waals surface area contributed by atoms with Crippen molar-refractivity contribution in [1.82, 2.24) is 14.8 Å². The highest BCUT2D eigenvalue weighted by Crippen LogP contribution is 2.35. The molecular formula is C22H19FN6. The van der Waals surface area contributed by atoms with Crippen LogP contribution in [0.4, 0.5) is 21.6 Å². The van der Waals surface area contributed by atoms with Gasteiger partial charge in [-0.2, -0.15) is 9.78 Å². The van der Waals surface area contributed by atoms with E-state index in [-0.39, 0.29) is 11.9 Å². The fraction of sp³-hybridized carbons (Fsp3) is 0.136. The Balaban J connectivity index is 1.75. The van der Waals surface area contributed by atoms with E-state index in [1.54, 1.807) is 36.3 Å². The highest BCUT2D eigenvalue weighted by atomic mass is 19.1. The van der Waals surface area contributed by atoms with Crippen LogP contribution < -0.4 is 11.1 Å². The quantitative estimate of drug-likeness (QED) is 0.368. The van der Waals surface area contributed by atoms with Gasteiger partial charge in [0.2, 0.25) is 0 Å². The lowest BCUT2D eigenvalue weighted by molar-refractivity contribution is 0.577. The Labute approximate surface area is 167 Å². The van der Waals surface area contributed by atoms with E-state index in [0.717, 1.165) is 16.5 Å². The minimum atomic E-state index is -0.441. The number of pyridine rings is 1. The van der Waals surface area contributed by atoms with Crippen molar-refractivity contribution >= 4 is 28.0 Å². The van der Waals surface area contributed by atoms with Crippen molar-refractivity contribution < 1.29 is 4.39 Å². The fourth-order valence-electron chi connectivity index (χ4n) is 3.25. The number of rotatable bonds is 4. The second kappa shape index (κ2) is 7.24. The average molecular weight is 386 g/mol. The van der Waals surface area contributed by atoms with Crippen molar-refractivity contribution in [2.45, 2.75) is 20.0 Å². The van der Waals surface area contributed by atoms with Crippen LogP contribution in [0.3, 0.4) is 0 Å². The van der Waals surface area contributed by atoms with E-state index in [1.807, 2.05) is 37.3 Å². The molecule has 0 unspecified atom stereocenters. The predicted octanol–water partition coefficient (Wildman–Crippen LogP) is 5.31. The first-order valence-electron chi connectivity index (χ1n) is 9.09. The normalized spacial score (nSPS) is 11.9. The molecule has 29 heavy (non-hydrogen) atoms. The number of nitrogens with two attached hydrogens (primary N) is 1. The van der Waals surface area contributed by atoms with Gasteiger partial charge < -0.3 is 11.1 Å². The minimum Gasteiger partial charge on any atom is -0.396 e. The molecule has 144 valence electrons. The summed E-state index contributed by atoms with van der Waals surface area (Å²) in [5.41, 5.74) is 9.11. The molecule has 7 heteroatoms. The van der Waals surface area contributed by atoms with Crippen LogP contribution in [0.5, 0.6) is 0 Å². The number of aromatic nitrogens is 3. The van der Waals surface area contributed by atoms with Crippen LogP contribution in [-0.4, -0.2) is 14.8 Å². The summed E-state index contributed by atoms with van der Waals surface area (Å²) in [4.78, 5) is 7.78. The van der Waals surface area contributed by atoms with E-state index >= 15 is 0 Å². The van der Waals surface area contributed by atoms with Gasteiger partial charge in [0.25, 0.3) is 0 Å². The van der Waals surface area contributed by atoms with Crippen molar-refractivity contribution in [3.05, 3.63) is 77.8 Å². The van der Waals surface area contributed by atoms with Gasteiger partial charge in [0, 0.05) is 24.1 Å². The second-order valence-corrected chi connectivity index (χ2v) is 6.85. The summed E-state index contributed by atoms with van der Waals surface area (Å²) >= 11 is 0. The third-order valence-corrected chi connectivity index (χ3v) is 4.88. The smallest absolute Gasteiger partial charge is 0.313 e. The van der Waals surface area contributed by atoms with Crippen LogP contribution in [0.15, 0.2) is 55.0 Å². The monoisotopic (exact) mass is 386 g/mol.